The molecular formula is C22H21NO5. The number of para-hydroxylation sites is 1. The number of anilines is 1. The van der Waals surface area contributed by atoms with Crippen molar-refractivity contribution in [3.05, 3.63) is 53.1 Å². The summed E-state index contributed by atoms with van der Waals surface area (Å²) in [7, 11) is 0. The molecule has 2 atom stereocenters. The van der Waals surface area contributed by atoms with Gasteiger partial charge in [-0.15, -0.1) is 0 Å². The van der Waals surface area contributed by atoms with Gasteiger partial charge in [-0.05, 0) is 23.8 Å². The predicted molar refractivity (Wildman–Crippen MR) is 101 cm³/mol. The highest BCUT2D eigenvalue weighted by molar-refractivity contribution is 6.11. The summed E-state index contributed by atoms with van der Waals surface area (Å²) in [6, 6.07) is 12.1. The number of nitrogens with zero attached hydrogens (tertiary/aromatic N) is 1. The first-order chi connectivity index (χ1) is 13.8. The van der Waals surface area contributed by atoms with Crippen molar-refractivity contribution in [3.8, 4) is 11.5 Å². The van der Waals surface area contributed by atoms with Gasteiger partial charge in [0.1, 0.15) is 23.5 Å². The predicted octanol–water partition coefficient (Wildman–Crippen LogP) is 2.06. The maximum Gasteiger partial charge on any atom is 0.245 e. The van der Waals surface area contributed by atoms with Gasteiger partial charge in [0, 0.05) is 23.2 Å². The molecule has 6 nitrogen and oxygen atoms in total. The molecule has 4 heterocycles. The number of hydrogen-bond acceptors (Lipinski definition) is 5. The number of fused-ring (bicyclic) bond motifs is 5. The van der Waals surface area contributed by atoms with Gasteiger partial charge < -0.3 is 23.8 Å². The SMILES string of the molecule is O=C1N(C[C@@H]2COCCO2)c2ccccc2C12COc1cc3c(cc12)OCC3. The van der Waals surface area contributed by atoms with E-state index in [2.05, 4.69) is 0 Å². The average Bonchev–Trinajstić information content (AvgIpc) is 3.40. The van der Waals surface area contributed by atoms with Crippen molar-refractivity contribution in [2.75, 3.05) is 44.5 Å². The van der Waals surface area contributed by atoms with Crippen LogP contribution in [0.1, 0.15) is 16.7 Å². The topological polar surface area (TPSA) is 57.2 Å². The lowest BCUT2D eigenvalue weighted by molar-refractivity contribution is -0.123. The molecule has 0 aromatic heterocycles. The quantitative estimate of drug-likeness (QED) is 0.800. The van der Waals surface area contributed by atoms with Crippen LogP contribution in [0.5, 0.6) is 11.5 Å². The third-order valence-corrected chi connectivity index (χ3v) is 6.23. The molecule has 1 amide bonds. The van der Waals surface area contributed by atoms with Gasteiger partial charge in [0.25, 0.3) is 0 Å². The highest BCUT2D eigenvalue weighted by Gasteiger charge is 2.57. The minimum absolute atomic E-state index is 0.0413. The Hall–Kier alpha value is -2.57. The van der Waals surface area contributed by atoms with E-state index in [0.717, 1.165) is 40.3 Å². The third kappa shape index (κ3) is 2.13. The zero-order chi connectivity index (χ0) is 18.7. The molecule has 144 valence electrons. The summed E-state index contributed by atoms with van der Waals surface area (Å²) in [6.45, 7) is 3.16. The molecule has 2 aromatic rings. The van der Waals surface area contributed by atoms with E-state index in [1.54, 1.807) is 0 Å². The van der Waals surface area contributed by atoms with Crippen LogP contribution in [0.15, 0.2) is 36.4 Å². The molecular weight excluding hydrogens is 358 g/mol. The summed E-state index contributed by atoms with van der Waals surface area (Å²) in [4.78, 5) is 15.7. The van der Waals surface area contributed by atoms with E-state index in [-0.39, 0.29) is 12.0 Å². The molecule has 0 radical (unpaired) electrons. The molecule has 2 aromatic carbocycles. The molecule has 4 aliphatic rings. The first-order valence-electron chi connectivity index (χ1n) is 9.81. The van der Waals surface area contributed by atoms with E-state index in [1.165, 1.54) is 0 Å². The zero-order valence-electron chi connectivity index (χ0n) is 15.5. The fourth-order valence-corrected chi connectivity index (χ4v) is 4.87. The van der Waals surface area contributed by atoms with Crippen LogP contribution in [0.2, 0.25) is 0 Å². The van der Waals surface area contributed by atoms with Gasteiger partial charge in [-0.2, -0.15) is 0 Å². The molecule has 1 saturated heterocycles. The molecule has 0 aliphatic carbocycles. The van der Waals surface area contributed by atoms with Crippen LogP contribution in [-0.2, 0) is 26.1 Å². The molecule has 6 heteroatoms. The normalized spacial score (nSPS) is 27.4. The van der Waals surface area contributed by atoms with Crippen LogP contribution >= 0.6 is 0 Å². The van der Waals surface area contributed by atoms with Crippen molar-refractivity contribution < 1.29 is 23.7 Å². The van der Waals surface area contributed by atoms with E-state index in [9.17, 15) is 4.79 Å². The van der Waals surface area contributed by atoms with Crippen molar-refractivity contribution in [3.63, 3.8) is 0 Å². The van der Waals surface area contributed by atoms with Crippen molar-refractivity contribution in [2.45, 2.75) is 17.9 Å². The number of hydrogen-bond donors (Lipinski definition) is 0. The summed E-state index contributed by atoms with van der Waals surface area (Å²) in [5, 5.41) is 0. The van der Waals surface area contributed by atoms with Crippen molar-refractivity contribution in [2.24, 2.45) is 0 Å². The summed E-state index contributed by atoms with van der Waals surface area (Å²) < 4.78 is 23.2. The Labute approximate surface area is 162 Å². The standard InChI is InChI=1S/C22H21NO5/c24-21-22(13-28-20-9-14-5-6-27-19(14)10-17(20)22)16-3-1-2-4-18(16)23(21)11-15-12-25-7-8-26-15/h1-4,9-10,15H,5-8,11-13H2/t15-,22?/m1/s1. The van der Waals surface area contributed by atoms with E-state index in [4.69, 9.17) is 18.9 Å². The fourth-order valence-electron chi connectivity index (χ4n) is 4.87. The van der Waals surface area contributed by atoms with Crippen molar-refractivity contribution in [1.29, 1.82) is 0 Å². The maximum absolute atomic E-state index is 13.8. The number of carbonyl (C=O) groups excluding carboxylic acids is 1. The van der Waals surface area contributed by atoms with Gasteiger partial charge in [0.15, 0.2) is 0 Å². The van der Waals surface area contributed by atoms with Gasteiger partial charge in [0.2, 0.25) is 5.91 Å². The van der Waals surface area contributed by atoms with Gasteiger partial charge in [0.05, 0.1) is 39.1 Å². The van der Waals surface area contributed by atoms with Crippen LogP contribution < -0.4 is 14.4 Å². The van der Waals surface area contributed by atoms with E-state index in [0.29, 0.717) is 39.6 Å². The first kappa shape index (κ1) is 16.4. The van der Waals surface area contributed by atoms with Crippen LogP contribution in [0.25, 0.3) is 0 Å². The second-order valence-electron chi connectivity index (χ2n) is 7.75. The summed E-state index contributed by atoms with van der Waals surface area (Å²) >= 11 is 0. The van der Waals surface area contributed by atoms with Crippen LogP contribution in [0.3, 0.4) is 0 Å². The lowest BCUT2D eigenvalue weighted by Crippen LogP contribution is -2.47. The van der Waals surface area contributed by atoms with Crippen molar-refractivity contribution in [1.82, 2.24) is 0 Å². The van der Waals surface area contributed by atoms with E-state index < -0.39 is 5.41 Å². The highest BCUT2D eigenvalue weighted by Crippen LogP contribution is 2.53. The second-order valence-corrected chi connectivity index (χ2v) is 7.75. The van der Waals surface area contributed by atoms with Gasteiger partial charge in [-0.1, -0.05) is 18.2 Å². The Kier molecular flexibility index (Phi) is 3.49. The molecule has 28 heavy (non-hydrogen) atoms. The van der Waals surface area contributed by atoms with Crippen LogP contribution in [-0.4, -0.2) is 51.6 Å². The minimum atomic E-state index is -0.817. The number of amides is 1. The Morgan fingerprint density at radius 1 is 1.04 bits per heavy atom. The fraction of sp³-hybridized carbons (Fsp3) is 0.409. The van der Waals surface area contributed by atoms with Gasteiger partial charge in [-0.3, -0.25) is 4.79 Å². The highest BCUT2D eigenvalue weighted by atomic mass is 16.6. The molecule has 0 bridgehead atoms. The smallest absolute Gasteiger partial charge is 0.245 e. The number of rotatable bonds is 2. The van der Waals surface area contributed by atoms with Gasteiger partial charge in [-0.25, -0.2) is 0 Å². The Morgan fingerprint density at radius 2 is 1.96 bits per heavy atom. The molecule has 6 rings (SSSR count). The number of benzene rings is 2. The molecule has 1 fully saturated rings. The largest absolute Gasteiger partial charge is 0.493 e. The lowest BCUT2D eigenvalue weighted by atomic mass is 9.77. The Bertz CT molecular complexity index is 967. The molecule has 1 unspecified atom stereocenters. The summed E-state index contributed by atoms with van der Waals surface area (Å²) in [5.41, 5.74) is 3.17. The Balaban J connectivity index is 1.46. The van der Waals surface area contributed by atoms with Crippen LogP contribution in [0, 0.1) is 0 Å². The monoisotopic (exact) mass is 379 g/mol. The maximum atomic E-state index is 13.8. The summed E-state index contributed by atoms with van der Waals surface area (Å²) in [6.07, 6.45) is 0.764. The Morgan fingerprint density at radius 3 is 2.86 bits per heavy atom. The van der Waals surface area contributed by atoms with E-state index >= 15 is 0 Å². The lowest BCUT2D eigenvalue weighted by Gasteiger charge is -2.29. The number of ether oxygens (including phenoxy) is 4. The van der Waals surface area contributed by atoms with Crippen molar-refractivity contribution >= 4 is 11.6 Å². The van der Waals surface area contributed by atoms with Crippen LogP contribution in [0.4, 0.5) is 5.69 Å². The zero-order valence-corrected chi connectivity index (χ0v) is 15.5. The summed E-state index contributed by atoms with van der Waals surface area (Å²) in [5.74, 6) is 1.71. The first-order valence-corrected chi connectivity index (χ1v) is 9.81. The molecule has 0 N–H and O–H groups in total. The second kappa shape index (κ2) is 5.96. The number of carbonyl (C=O) groups is 1. The molecule has 4 aliphatic heterocycles. The average molecular weight is 379 g/mol. The van der Waals surface area contributed by atoms with Gasteiger partial charge >= 0.3 is 0 Å². The third-order valence-electron chi connectivity index (χ3n) is 6.23. The molecule has 0 saturated carbocycles. The minimum Gasteiger partial charge on any atom is -0.493 e. The molecule has 1 spiro atoms. The van der Waals surface area contributed by atoms with E-state index in [1.807, 2.05) is 41.3 Å².